The number of rotatable bonds is 7. The van der Waals surface area contributed by atoms with Crippen LogP contribution < -0.4 is 51.4 Å². The van der Waals surface area contributed by atoms with Crippen LogP contribution in [0.15, 0.2) is 35.5 Å². The molecule has 0 spiro atoms. The molecule has 6 atom stereocenters. The molecule has 0 unspecified atom stereocenters. The largest absolute Gasteiger partial charge is 1.00 e. The van der Waals surface area contributed by atoms with Crippen molar-refractivity contribution in [2.75, 3.05) is 6.61 Å². The molecular formula is C15H20KNO10S2. The van der Waals surface area contributed by atoms with Gasteiger partial charge in [-0.15, -0.1) is 0 Å². The van der Waals surface area contributed by atoms with Crippen molar-refractivity contribution in [1.82, 2.24) is 0 Å². The zero-order valence-electron chi connectivity index (χ0n) is 15.3. The molecule has 5 N–H and O–H groups in total. The van der Waals surface area contributed by atoms with Gasteiger partial charge in [0.25, 0.3) is 10.4 Å². The number of ether oxygens (including phenoxy) is 1. The van der Waals surface area contributed by atoms with Crippen LogP contribution in [0.2, 0.25) is 0 Å². The average molecular weight is 478 g/mol. The summed E-state index contributed by atoms with van der Waals surface area (Å²) in [5, 5.41) is 52.2. The topological polar surface area (TPSA) is 189 Å². The number of hydrogen-bond donors (Lipinski definition) is 5. The first kappa shape index (κ1) is 27.4. The van der Waals surface area contributed by atoms with E-state index in [1.807, 2.05) is 0 Å². The van der Waals surface area contributed by atoms with Crippen LogP contribution >= 0.6 is 11.8 Å². The molecule has 0 aromatic heterocycles. The first-order chi connectivity index (χ1) is 13.1. The Hall–Kier alpha value is 0.346. The molecule has 1 aliphatic heterocycles. The maximum atomic E-state index is 10.7. The van der Waals surface area contributed by atoms with Gasteiger partial charge in [-0.2, -0.15) is 8.42 Å². The maximum Gasteiger partial charge on any atom is 1.00 e. The second-order valence-corrected chi connectivity index (χ2v) is 8.05. The Labute approximate surface area is 214 Å². The smallest absolute Gasteiger partial charge is 0.714 e. The Kier molecular flexibility index (Phi) is 11.7. The number of benzene rings is 1. The van der Waals surface area contributed by atoms with Gasteiger partial charge in [-0.1, -0.05) is 47.2 Å². The summed E-state index contributed by atoms with van der Waals surface area (Å²) in [5.74, 6) is 0. The summed E-state index contributed by atoms with van der Waals surface area (Å²) in [6, 6.07) is 8.26. The van der Waals surface area contributed by atoms with E-state index < -0.39 is 53.0 Å². The fraction of sp³-hybridized carbons (Fsp3) is 0.533. The zero-order valence-corrected chi connectivity index (χ0v) is 20.1. The molecule has 2 rings (SSSR count). The van der Waals surface area contributed by atoms with Crippen molar-refractivity contribution in [3.8, 4) is 0 Å². The minimum atomic E-state index is -5.17. The van der Waals surface area contributed by atoms with Crippen molar-refractivity contribution in [3.05, 3.63) is 35.9 Å². The summed E-state index contributed by atoms with van der Waals surface area (Å²) in [4.78, 5) is 0. The number of nitrogens with zero attached hydrogens (tertiary/aromatic N) is 1. The summed E-state index contributed by atoms with van der Waals surface area (Å²) in [7, 11) is -5.17. The number of thioether (sulfide) groups is 1. The third-order valence-corrected chi connectivity index (χ3v) is 5.28. The molecule has 158 valence electrons. The minimum Gasteiger partial charge on any atom is -0.714 e. The normalized spacial score (nSPS) is 29.0. The predicted octanol–water partition coefficient (Wildman–Crippen LogP) is -4.56. The van der Waals surface area contributed by atoms with Crippen LogP contribution in [0.3, 0.4) is 0 Å². The van der Waals surface area contributed by atoms with Crippen molar-refractivity contribution in [1.29, 1.82) is 0 Å². The molecule has 1 aromatic rings. The van der Waals surface area contributed by atoms with E-state index in [4.69, 9.17) is 4.74 Å². The van der Waals surface area contributed by atoms with E-state index in [2.05, 4.69) is 9.44 Å². The summed E-state index contributed by atoms with van der Waals surface area (Å²) >= 11 is 0.570. The summed E-state index contributed by atoms with van der Waals surface area (Å²) in [6.07, 6.45) is -7.53. The summed E-state index contributed by atoms with van der Waals surface area (Å²) < 4.78 is 41.3. The van der Waals surface area contributed by atoms with Gasteiger partial charge in [0.15, 0.2) is 0 Å². The van der Waals surface area contributed by atoms with E-state index in [1.54, 1.807) is 30.3 Å². The Morgan fingerprint density at radius 3 is 2.38 bits per heavy atom. The van der Waals surface area contributed by atoms with E-state index in [-0.39, 0.29) is 62.8 Å². The number of oxime groups is 1. The molecule has 1 heterocycles. The second-order valence-electron chi connectivity index (χ2n) is 5.91. The van der Waals surface area contributed by atoms with Crippen LogP contribution in [0.4, 0.5) is 0 Å². The van der Waals surface area contributed by atoms with Crippen molar-refractivity contribution >= 4 is 27.2 Å². The van der Waals surface area contributed by atoms with Gasteiger partial charge in [0, 0.05) is 6.42 Å². The van der Waals surface area contributed by atoms with E-state index >= 15 is 0 Å². The van der Waals surface area contributed by atoms with Gasteiger partial charge >= 0.3 is 51.4 Å². The molecule has 0 saturated carbocycles. The van der Waals surface area contributed by atoms with E-state index in [0.29, 0.717) is 17.3 Å². The number of aliphatic hydroxyl groups is 5. The molecule has 14 heteroatoms. The van der Waals surface area contributed by atoms with E-state index in [1.165, 1.54) is 0 Å². The summed E-state index contributed by atoms with van der Waals surface area (Å²) in [5.41, 5.74) is -0.829. The molecule has 1 saturated heterocycles. The van der Waals surface area contributed by atoms with Crippen LogP contribution in [0.25, 0.3) is 0 Å². The number of aliphatic hydroxyl groups excluding tert-OH is 5. The second kappa shape index (κ2) is 12.4. The van der Waals surface area contributed by atoms with Gasteiger partial charge in [0.05, 0.1) is 12.7 Å². The van der Waals surface area contributed by atoms with Gasteiger partial charge in [0.1, 0.15) is 34.9 Å². The molecule has 0 radical (unpaired) electrons. The van der Waals surface area contributed by atoms with Crippen LogP contribution in [0.5, 0.6) is 0 Å². The molecule has 11 nitrogen and oxygen atoms in total. The monoisotopic (exact) mass is 477 g/mol. The Balaban J connectivity index is 0.00000420. The Bertz CT molecular complexity index is 764. The van der Waals surface area contributed by atoms with Gasteiger partial charge in [-0.3, -0.25) is 4.28 Å². The fourth-order valence-electron chi connectivity index (χ4n) is 2.45. The van der Waals surface area contributed by atoms with Crippen LogP contribution in [0, 0.1) is 0 Å². The molecule has 0 amide bonds. The van der Waals surface area contributed by atoms with Crippen LogP contribution in [-0.2, 0) is 19.4 Å². The molecule has 1 fully saturated rings. The molecule has 1 aromatic carbocycles. The fourth-order valence-corrected chi connectivity index (χ4v) is 3.78. The summed E-state index contributed by atoms with van der Waals surface area (Å²) in [6.45, 7) is -0.660. The van der Waals surface area contributed by atoms with Crippen molar-refractivity contribution < 1.29 is 98.9 Å². The van der Waals surface area contributed by atoms with Gasteiger partial charge in [-0.25, -0.2) is 0 Å². The first-order valence-electron chi connectivity index (χ1n) is 8.04. The molecular weight excluding hydrogens is 457 g/mol. The Morgan fingerprint density at radius 2 is 1.83 bits per heavy atom. The van der Waals surface area contributed by atoms with Crippen molar-refractivity contribution in [2.24, 2.45) is 5.16 Å². The van der Waals surface area contributed by atoms with Crippen molar-refractivity contribution in [3.63, 3.8) is 0 Å². The quantitative estimate of drug-likeness (QED) is 0.0635. The first-order valence-corrected chi connectivity index (χ1v) is 10.2. The van der Waals surface area contributed by atoms with E-state index in [0.717, 1.165) is 0 Å². The molecule has 0 bridgehead atoms. The predicted molar refractivity (Wildman–Crippen MR) is 95.6 cm³/mol. The molecule has 1 aliphatic rings. The van der Waals surface area contributed by atoms with Gasteiger partial charge in [-0.05, 0) is 5.56 Å². The van der Waals surface area contributed by atoms with Gasteiger partial charge in [0.2, 0.25) is 0 Å². The van der Waals surface area contributed by atoms with Gasteiger partial charge < -0.3 is 34.8 Å². The van der Waals surface area contributed by atoms with E-state index in [9.17, 15) is 38.5 Å². The Morgan fingerprint density at radius 1 is 1.21 bits per heavy atom. The minimum absolute atomic E-state index is 0. The standard InChI is InChI=1S/C15H21NO10S2.K/c17-7-10-12(19)13(20)14(21)15(25-10)27-11(16-26-28(22,23)24)6-9(18)8-4-2-1-3-5-8;/h1-5,9-10,12-15,17-21H,6-7H2,(H,22,23,24);/q;+1/p-1/b16-11+;/t9-,10+,12+,13-,14+,15-;/m0./s1. The van der Waals surface area contributed by atoms with Crippen LogP contribution in [0.1, 0.15) is 18.1 Å². The number of hydrogen-bond acceptors (Lipinski definition) is 12. The third-order valence-electron chi connectivity index (χ3n) is 3.88. The molecule has 29 heavy (non-hydrogen) atoms. The zero-order chi connectivity index (χ0) is 20.9. The maximum absolute atomic E-state index is 10.7. The molecule has 0 aliphatic carbocycles. The third kappa shape index (κ3) is 8.42. The SMILES string of the molecule is O=S(=O)([O-])O/N=C(\C[C@H](O)c1ccccc1)S[C@@H]1O[C@H](CO)[C@@H](O)[C@H](O)[C@H]1O.[K+]. The van der Waals surface area contributed by atoms with Crippen LogP contribution in [-0.4, -0.2) is 80.0 Å². The average Bonchev–Trinajstić information content (AvgIpc) is 2.66. The van der Waals surface area contributed by atoms with Crippen molar-refractivity contribution in [2.45, 2.75) is 42.4 Å².